The number of hydrogen-bond acceptors (Lipinski definition) is 4. The van der Waals surface area contributed by atoms with Crippen molar-refractivity contribution in [3.63, 3.8) is 0 Å². The van der Waals surface area contributed by atoms with Gasteiger partial charge in [-0.3, -0.25) is 9.59 Å². The van der Waals surface area contributed by atoms with Crippen LogP contribution in [0.5, 0.6) is 0 Å². The maximum Gasteiger partial charge on any atom is 0.243 e. The van der Waals surface area contributed by atoms with Gasteiger partial charge in [0.15, 0.2) is 0 Å². The fraction of sp³-hybridized carbons (Fsp3) is 0.355. The first-order valence-electron chi connectivity index (χ1n) is 13.3. The van der Waals surface area contributed by atoms with Crippen LogP contribution >= 0.6 is 0 Å². The number of nitrogens with zero attached hydrogens (tertiary/aromatic N) is 2. The molecule has 0 fully saturated rings. The molecule has 0 bridgehead atoms. The van der Waals surface area contributed by atoms with Crippen molar-refractivity contribution in [1.29, 1.82) is 0 Å². The highest BCUT2D eigenvalue weighted by Crippen LogP contribution is 2.19. The third kappa shape index (κ3) is 8.25. The van der Waals surface area contributed by atoms with Gasteiger partial charge in [-0.1, -0.05) is 85.6 Å². The van der Waals surface area contributed by atoms with Crippen LogP contribution in [0, 0.1) is 13.8 Å². The molecule has 1 atom stereocenters. The smallest absolute Gasteiger partial charge is 0.243 e. The molecular weight excluding hydrogens is 510 g/mol. The molecule has 7 nitrogen and oxygen atoms in total. The molecule has 3 aromatic carbocycles. The second-order valence-electron chi connectivity index (χ2n) is 9.87. The lowest BCUT2D eigenvalue weighted by Gasteiger charge is -2.33. The zero-order chi connectivity index (χ0) is 28.4. The fourth-order valence-corrected chi connectivity index (χ4v) is 5.41. The van der Waals surface area contributed by atoms with E-state index in [1.165, 1.54) is 24.1 Å². The van der Waals surface area contributed by atoms with E-state index in [1.807, 2.05) is 75.4 Å². The first-order valence-corrected chi connectivity index (χ1v) is 14.8. The summed E-state index contributed by atoms with van der Waals surface area (Å²) in [6.45, 7) is 6.18. The van der Waals surface area contributed by atoms with E-state index in [0.29, 0.717) is 13.0 Å². The molecule has 39 heavy (non-hydrogen) atoms. The quantitative estimate of drug-likeness (QED) is 0.319. The van der Waals surface area contributed by atoms with Crippen molar-refractivity contribution in [3.05, 3.63) is 101 Å². The maximum absolute atomic E-state index is 13.9. The first kappa shape index (κ1) is 30.1. The van der Waals surface area contributed by atoms with Gasteiger partial charge in [0.1, 0.15) is 6.04 Å². The van der Waals surface area contributed by atoms with Gasteiger partial charge in [0.05, 0.1) is 11.4 Å². The zero-order valence-corrected chi connectivity index (χ0v) is 24.1. The van der Waals surface area contributed by atoms with E-state index in [0.717, 1.165) is 39.4 Å². The lowest BCUT2D eigenvalue weighted by Crippen LogP contribution is -2.53. The Morgan fingerprint density at radius 1 is 0.897 bits per heavy atom. The first-order chi connectivity index (χ1) is 18.6. The minimum Gasteiger partial charge on any atom is -0.354 e. The molecular formula is C31H39N3O4S. The minimum absolute atomic E-state index is 0.118. The Bertz CT molecular complexity index is 1340. The van der Waals surface area contributed by atoms with Gasteiger partial charge in [0.25, 0.3) is 0 Å². The van der Waals surface area contributed by atoms with Gasteiger partial charge in [-0.2, -0.15) is 4.31 Å². The summed E-state index contributed by atoms with van der Waals surface area (Å²) < 4.78 is 27.6. The number of rotatable bonds is 13. The average Bonchev–Trinajstić information content (AvgIpc) is 2.92. The number of hydrogen-bond donors (Lipinski definition) is 1. The van der Waals surface area contributed by atoms with Crippen LogP contribution in [-0.2, 0) is 32.6 Å². The number of carbonyl (C=O) groups excluding carboxylic acids is 2. The van der Waals surface area contributed by atoms with E-state index >= 15 is 0 Å². The van der Waals surface area contributed by atoms with Crippen LogP contribution in [0.15, 0.2) is 83.8 Å². The predicted molar refractivity (Wildman–Crippen MR) is 155 cm³/mol. The summed E-state index contributed by atoms with van der Waals surface area (Å²) in [6.07, 6.45) is 2.06. The number of aryl methyl sites for hydroxylation is 2. The van der Waals surface area contributed by atoms with Crippen LogP contribution in [0.2, 0.25) is 0 Å². The van der Waals surface area contributed by atoms with E-state index in [4.69, 9.17) is 0 Å². The number of sulfonamides is 1. The molecule has 8 heteroatoms. The van der Waals surface area contributed by atoms with Crippen LogP contribution in [0.1, 0.15) is 42.0 Å². The number of benzene rings is 3. The SMILES string of the molecule is CCCCNC(=O)C(Cc1ccccc1)N(Cc1ccccc1C)C(=O)CN(C)S(=O)(=O)c1ccc(C)cc1. The summed E-state index contributed by atoms with van der Waals surface area (Å²) in [5.41, 5.74) is 3.74. The molecule has 1 unspecified atom stereocenters. The normalized spacial score (nSPS) is 12.2. The van der Waals surface area contributed by atoms with Crippen LogP contribution in [-0.4, -0.2) is 55.6 Å². The highest BCUT2D eigenvalue weighted by molar-refractivity contribution is 7.89. The van der Waals surface area contributed by atoms with Crippen molar-refractivity contribution < 1.29 is 18.0 Å². The minimum atomic E-state index is -3.90. The van der Waals surface area contributed by atoms with Crippen molar-refractivity contribution >= 4 is 21.8 Å². The Morgan fingerprint density at radius 3 is 2.18 bits per heavy atom. The van der Waals surface area contributed by atoms with Crippen LogP contribution in [0.25, 0.3) is 0 Å². The van der Waals surface area contributed by atoms with E-state index < -0.39 is 28.5 Å². The largest absolute Gasteiger partial charge is 0.354 e. The van der Waals surface area contributed by atoms with Gasteiger partial charge in [0.2, 0.25) is 21.8 Å². The Morgan fingerprint density at radius 2 is 1.54 bits per heavy atom. The van der Waals surface area contributed by atoms with E-state index in [-0.39, 0.29) is 17.3 Å². The Balaban J connectivity index is 1.96. The number of likely N-dealkylation sites (N-methyl/N-ethyl adjacent to an activating group) is 1. The van der Waals surface area contributed by atoms with Crippen LogP contribution in [0.4, 0.5) is 0 Å². The highest BCUT2D eigenvalue weighted by Gasteiger charge is 2.33. The average molecular weight is 550 g/mol. The summed E-state index contributed by atoms with van der Waals surface area (Å²) in [7, 11) is -2.51. The monoisotopic (exact) mass is 549 g/mol. The summed E-state index contributed by atoms with van der Waals surface area (Å²) >= 11 is 0. The highest BCUT2D eigenvalue weighted by atomic mass is 32.2. The fourth-order valence-electron chi connectivity index (χ4n) is 4.29. The molecule has 208 valence electrons. The molecule has 1 N–H and O–H groups in total. The zero-order valence-electron chi connectivity index (χ0n) is 23.3. The third-order valence-corrected chi connectivity index (χ3v) is 8.61. The van der Waals surface area contributed by atoms with Gasteiger partial charge in [-0.25, -0.2) is 8.42 Å². The van der Waals surface area contributed by atoms with Crippen molar-refractivity contribution in [2.24, 2.45) is 0 Å². The van der Waals surface area contributed by atoms with Gasteiger partial charge in [-0.15, -0.1) is 0 Å². The number of unbranched alkanes of at least 4 members (excludes halogenated alkanes) is 1. The standard InChI is InChI=1S/C31H39N3O4S/c1-5-6-20-32-31(36)29(21-26-13-8-7-9-14-26)34(22-27-15-11-10-12-25(27)3)30(35)23-33(4)39(37,38)28-18-16-24(2)17-19-28/h7-19,29H,5-6,20-23H2,1-4H3,(H,32,36). The van der Waals surface area contributed by atoms with Gasteiger partial charge >= 0.3 is 0 Å². The van der Waals surface area contributed by atoms with Crippen molar-refractivity contribution in [1.82, 2.24) is 14.5 Å². The van der Waals surface area contributed by atoms with Gasteiger partial charge in [0, 0.05) is 26.6 Å². The van der Waals surface area contributed by atoms with Gasteiger partial charge in [-0.05, 0) is 49.1 Å². The number of nitrogens with one attached hydrogen (secondary N) is 1. The Hall–Kier alpha value is -3.49. The van der Waals surface area contributed by atoms with Crippen molar-refractivity contribution in [2.75, 3.05) is 20.1 Å². The van der Waals surface area contributed by atoms with E-state index in [9.17, 15) is 18.0 Å². The predicted octanol–water partition coefficient (Wildman–Crippen LogP) is 4.48. The second-order valence-corrected chi connectivity index (χ2v) is 11.9. The molecule has 0 aliphatic heterocycles. The summed E-state index contributed by atoms with van der Waals surface area (Å²) in [6, 6.07) is 23.0. The lowest BCUT2D eigenvalue weighted by molar-refractivity contribution is -0.141. The molecule has 0 aromatic heterocycles. The molecule has 3 aromatic rings. The molecule has 2 amide bonds. The third-order valence-electron chi connectivity index (χ3n) is 6.79. The second kappa shape index (κ2) is 14.1. The Labute approximate surface area is 232 Å². The molecule has 0 radical (unpaired) electrons. The summed E-state index contributed by atoms with van der Waals surface area (Å²) in [4.78, 5) is 29.1. The molecule has 0 aliphatic carbocycles. The lowest BCUT2D eigenvalue weighted by atomic mass is 10.0. The molecule has 0 heterocycles. The van der Waals surface area contributed by atoms with E-state index in [2.05, 4.69) is 5.32 Å². The molecule has 0 spiro atoms. The molecule has 0 saturated heterocycles. The van der Waals surface area contributed by atoms with Crippen molar-refractivity contribution in [3.8, 4) is 0 Å². The maximum atomic E-state index is 13.9. The van der Waals surface area contributed by atoms with E-state index in [1.54, 1.807) is 12.1 Å². The Kier molecular flexibility index (Phi) is 10.8. The summed E-state index contributed by atoms with van der Waals surface area (Å²) in [5, 5.41) is 2.99. The van der Waals surface area contributed by atoms with Gasteiger partial charge < -0.3 is 10.2 Å². The van der Waals surface area contributed by atoms with Crippen LogP contribution < -0.4 is 5.32 Å². The topological polar surface area (TPSA) is 86.8 Å². The molecule has 0 aliphatic rings. The van der Waals surface area contributed by atoms with Crippen LogP contribution in [0.3, 0.4) is 0 Å². The van der Waals surface area contributed by atoms with Crippen molar-refractivity contribution in [2.45, 2.75) is 57.5 Å². The number of carbonyl (C=O) groups is 2. The molecule has 3 rings (SSSR count). The summed E-state index contributed by atoms with van der Waals surface area (Å²) in [5.74, 6) is -0.693. The number of amides is 2. The molecule has 0 saturated carbocycles.